The molecule has 5 rings (SSSR count). The molecule has 0 unspecified atom stereocenters. The number of sulfonamides is 1. The van der Waals surface area contributed by atoms with Crippen molar-refractivity contribution in [2.45, 2.75) is 43.5 Å². The summed E-state index contributed by atoms with van der Waals surface area (Å²) in [5, 5.41) is 16.4. The number of hydrogen-bond donors (Lipinski definition) is 1. The molecule has 2 aromatic carbocycles. The minimum atomic E-state index is -4.12. The van der Waals surface area contributed by atoms with Crippen molar-refractivity contribution in [2.75, 3.05) is 13.1 Å². The zero-order valence-electron chi connectivity index (χ0n) is 19.9. The summed E-state index contributed by atoms with van der Waals surface area (Å²) in [6.45, 7) is 2.92. The van der Waals surface area contributed by atoms with E-state index in [2.05, 4.69) is 9.82 Å². The van der Waals surface area contributed by atoms with Gasteiger partial charge in [0.2, 0.25) is 15.9 Å². The monoisotopic (exact) mass is 545 g/mol. The quantitative estimate of drug-likeness (QED) is 0.330. The molecule has 37 heavy (non-hydrogen) atoms. The summed E-state index contributed by atoms with van der Waals surface area (Å²) in [5.74, 6) is -0.266. The van der Waals surface area contributed by atoms with Gasteiger partial charge in [-0.2, -0.15) is 9.78 Å². The Labute approximate surface area is 218 Å². The fourth-order valence-corrected chi connectivity index (χ4v) is 5.70. The number of likely N-dealkylation sites (tertiary alicyclic amines) is 1. The van der Waals surface area contributed by atoms with Crippen LogP contribution < -0.4 is 9.46 Å². The van der Waals surface area contributed by atoms with Crippen LogP contribution in [0.4, 0.5) is 5.69 Å². The normalized spacial score (nSPS) is 15.7. The van der Waals surface area contributed by atoms with Gasteiger partial charge in [-0.15, -0.1) is 0 Å². The lowest BCUT2D eigenvalue weighted by molar-refractivity contribution is -0.385. The molecule has 1 aromatic heterocycles. The predicted molar refractivity (Wildman–Crippen MR) is 135 cm³/mol. The summed E-state index contributed by atoms with van der Waals surface area (Å²) in [6, 6.07) is 9.83. The fourth-order valence-electron chi connectivity index (χ4n) is 4.12. The number of nitro benzene ring substituents is 1. The van der Waals surface area contributed by atoms with Crippen molar-refractivity contribution in [1.82, 2.24) is 19.4 Å². The van der Waals surface area contributed by atoms with E-state index in [1.807, 2.05) is 0 Å². The van der Waals surface area contributed by atoms with Gasteiger partial charge in [0.05, 0.1) is 10.6 Å². The van der Waals surface area contributed by atoms with Crippen LogP contribution in [0.2, 0.25) is 5.02 Å². The van der Waals surface area contributed by atoms with Crippen molar-refractivity contribution in [3.05, 3.63) is 68.9 Å². The van der Waals surface area contributed by atoms with Crippen LogP contribution in [0.5, 0.6) is 11.6 Å². The van der Waals surface area contributed by atoms with Crippen molar-refractivity contribution < 1.29 is 22.9 Å². The lowest BCUT2D eigenvalue weighted by Gasteiger charge is -2.14. The first-order chi connectivity index (χ1) is 17.6. The Bertz CT molecular complexity index is 1480. The van der Waals surface area contributed by atoms with Crippen molar-refractivity contribution in [2.24, 2.45) is 0 Å². The molecular formula is C24H24ClN5O6S. The molecule has 1 amide bonds. The summed E-state index contributed by atoms with van der Waals surface area (Å²) in [5.41, 5.74) is 0.722. The number of nitrogens with one attached hydrogen (secondary N) is 1. The number of nitrogens with zero attached hydrogens (tertiary/aromatic N) is 4. The van der Waals surface area contributed by atoms with E-state index in [9.17, 15) is 23.3 Å². The van der Waals surface area contributed by atoms with Crippen molar-refractivity contribution >= 4 is 33.2 Å². The number of rotatable bonds is 8. The van der Waals surface area contributed by atoms with Gasteiger partial charge in [-0.3, -0.25) is 14.9 Å². The van der Waals surface area contributed by atoms with Crippen LogP contribution in [0, 0.1) is 17.0 Å². The third-order valence-corrected chi connectivity index (χ3v) is 8.06. The molecule has 1 saturated heterocycles. The molecule has 3 aromatic rings. The molecule has 194 valence electrons. The molecule has 1 aliphatic carbocycles. The number of halogens is 1. The Kier molecular flexibility index (Phi) is 6.65. The average Bonchev–Trinajstić information content (AvgIpc) is 3.37. The highest BCUT2D eigenvalue weighted by Crippen LogP contribution is 2.37. The van der Waals surface area contributed by atoms with Crippen LogP contribution in [0.3, 0.4) is 0 Å². The van der Waals surface area contributed by atoms with Gasteiger partial charge in [0.15, 0.2) is 5.69 Å². The van der Waals surface area contributed by atoms with Gasteiger partial charge in [-0.05, 0) is 62.9 Å². The van der Waals surface area contributed by atoms with E-state index >= 15 is 0 Å². The molecular weight excluding hydrogens is 522 g/mol. The van der Waals surface area contributed by atoms with Crippen molar-refractivity contribution in [3.63, 3.8) is 0 Å². The molecule has 11 nitrogen and oxygen atoms in total. The van der Waals surface area contributed by atoms with Crippen LogP contribution in [0.25, 0.3) is 5.69 Å². The molecule has 1 N–H and O–H groups in total. The predicted octanol–water partition coefficient (Wildman–Crippen LogP) is 4.21. The van der Waals surface area contributed by atoms with Crippen molar-refractivity contribution in [1.29, 1.82) is 0 Å². The smallest absolute Gasteiger partial charge is 0.274 e. The molecule has 0 atom stereocenters. The largest absolute Gasteiger partial charge is 0.437 e. The van der Waals surface area contributed by atoms with E-state index in [1.165, 1.54) is 16.8 Å². The Morgan fingerprint density at radius 3 is 2.46 bits per heavy atom. The number of benzene rings is 2. The number of aromatic nitrogens is 2. The third-order valence-electron chi connectivity index (χ3n) is 6.27. The Morgan fingerprint density at radius 2 is 1.84 bits per heavy atom. The minimum absolute atomic E-state index is 0.113. The van der Waals surface area contributed by atoms with E-state index in [1.54, 1.807) is 36.1 Å². The van der Waals surface area contributed by atoms with Crippen LogP contribution in [0.15, 0.2) is 47.4 Å². The highest BCUT2D eigenvalue weighted by atomic mass is 35.5. The van der Waals surface area contributed by atoms with Gasteiger partial charge in [0.1, 0.15) is 10.6 Å². The number of non-ortho nitro benzene ring substituents is 1. The highest BCUT2D eigenvalue weighted by molar-refractivity contribution is 7.89. The van der Waals surface area contributed by atoms with Gasteiger partial charge >= 0.3 is 0 Å². The molecule has 0 radical (unpaired) electrons. The Morgan fingerprint density at radius 1 is 1.16 bits per heavy atom. The standard InChI is InChI=1S/C24H24ClN5O6S/c1-15-22(23(31)28-12-2-3-13-28)26-29(18-8-4-16(25)5-9-18)24(15)36-20-11-10-19(30(32)33)14-21(20)37(34,35)27-17-6-7-17/h4-5,8-11,14,17,27H,2-3,6-7,12-13H2,1H3. The van der Waals surface area contributed by atoms with Gasteiger partial charge in [0, 0.05) is 41.9 Å². The summed E-state index contributed by atoms with van der Waals surface area (Å²) in [7, 11) is -4.12. The molecule has 1 saturated carbocycles. The summed E-state index contributed by atoms with van der Waals surface area (Å²) in [6.07, 6.45) is 3.19. The molecule has 0 bridgehead atoms. The number of nitro groups is 1. The van der Waals surface area contributed by atoms with Crippen LogP contribution in [-0.2, 0) is 10.0 Å². The zero-order chi connectivity index (χ0) is 26.3. The minimum Gasteiger partial charge on any atom is -0.437 e. The second-order valence-electron chi connectivity index (χ2n) is 9.05. The van der Waals surface area contributed by atoms with E-state index in [0.29, 0.717) is 42.2 Å². The fraction of sp³-hybridized carbons (Fsp3) is 0.333. The molecule has 2 aliphatic rings. The Hall–Kier alpha value is -3.48. The maximum Gasteiger partial charge on any atom is 0.274 e. The second-order valence-corrected chi connectivity index (χ2v) is 11.2. The number of carbonyl (C=O) groups excluding carboxylic acids is 1. The molecule has 0 spiro atoms. The highest BCUT2D eigenvalue weighted by Gasteiger charge is 2.33. The third kappa shape index (κ3) is 5.17. The molecule has 2 fully saturated rings. The maximum absolute atomic E-state index is 13.2. The topological polar surface area (TPSA) is 137 Å². The summed E-state index contributed by atoms with van der Waals surface area (Å²) < 4.78 is 36.3. The van der Waals surface area contributed by atoms with E-state index < -0.39 is 20.6 Å². The summed E-state index contributed by atoms with van der Waals surface area (Å²) >= 11 is 6.05. The Balaban J connectivity index is 1.62. The van der Waals surface area contributed by atoms with Crippen LogP contribution >= 0.6 is 11.6 Å². The first-order valence-electron chi connectivity index (χ1n) is 11.8. The first-order valence-corrected chi connectivity index (χ1v) is 13.6. The van der Waals surface area contributed by atoms with Gasteiger partial charge in [-0.25, -0.2) is 13.1 Å². The number of hydrogen-bond acceptors (Lipinski definition) is 7. The number of ether oxygens (including phenoxy) is 1. The van der Waals surface area contributed by atoms with E-state index in [-0.39, 0.29) is 34.2 Å². The number of carbonyl (C=O) groups is 1. The lowest BCUT2D eigenvalue weighted by Crippen LogP contribution is -2.28. The molecule has 2 heterocycles. The average molecular weight is 546 g/mol. The number of amides is 1. The first kappa shape index (κ1) is 25.2. The van der Waals surface area contributed by atoms with Gasteiger partial charge in [0.25, 0.3) is 11.6 Å². The summed E-state index contributed by atoms with van der Waals surface area (Å²) in [4.78, 5) is 25.3. The van der Waals surface area contributed by atoms with E-state index in [0.717, 1.165) is 18.9 Å². The van der Waals surface area contributed by atoms with Crippen LogP contribution in [-0.4, -0.2) is 53.1 Å². The maximum atomic E-state index is 13.2. The lowest BCUT2D eigenvalue weighted by atomic mass is 10.2. The zero-order valence-corrected chi connectivity index (χ0v) is 21.5. The molecule has 1 aliphatic heterocycles. The van der Waals surface area contributed by atoms with Crippen LogP contribution in [0.1, 0.15) is 41.7 Å². The SMILES string of the molecule is Cc1c(C(=O)N2CCCC2)nn(-c2ccc(Cl)cc2)c1Oc1ccc([N+](=O)[O-])cc1S(=O)(=O)NC1CC1. The second kappa shape index (κ2) is 9.77. The van der Waals surface area contributed by atoms with Crippen molar-refractivity contribution in [3.8, 4) is 17.3 Å². The van der Waals surface area contributed by atoms with Gasteiger partial charge < -0.3 is 9.64 Å². The molecule has 13 heteroatoms. The van der Waals surface area contributed by atoms with E-state index in [4.69, 9.17) is 16.3 Å². The van der Waals surface area contributed by atoms with Gasteiger partial charge in [-0.1, -0.05) is 11.6 Å².